The molecule has 0 spiro atoms. The Morgan fingerprint density at radius 1 is 1.41 bits per heavy atom. The molecule has 0 radical (unpaired) electrons. The molecule has 0 bridgehead atoms. The molecule has 0 aliphatic carbocycles. The molecule has 0 fully saturated rings. The lowest BCUT2D eigenvalue weighted by Crippen LogP contribution is -2.19. The first-order chi connectivity index (χ1) is 8.11. The Balaban J connectivity index is 2.27. The Bertz CT molecular complexity index is 310. The van der Waals surface area contributed by atoms with Gasteiger partial charge in [0.25, 0.3) is 0 Å². The van der Waals surface area contributed by atoms with E-state index >= 15 is 0 Å². The normalized spacial score (nSPS) is 13.2. The van der Waals surface area contributed by atoms with E-state index in [1.54, 1.807) is 7.11 Å². The van der Waals surface area contributed by atoms with E-state index in [1.165, 1.54) is 0 Å². The van der Waals surface area contributed by atoms with Crippen LogP contribution in [0.25, 0.3) is 0 Å². The largest absolute Gasteiger partial charge is 0.444 e. The SMILES string of the molecule is COC(C)CCc1cnc(CNCC(C)C)o1. The predicted molar refractivity (Wildman–Crippen MR) is 67.8 cm³/mol. The number of aromatic nitrogens is 1. The van der Waals surface area contributed by atoms with Crippen LogP contribution >= 0.6 is 0 Å². The van der Waals surface area contributed by atoms with Crippen molar-refractivity contribution >= 4 is 0 Å². The van der Waals surface area contributed by atoms with Crippen molar-refractivity contribution < 1.29 is 9.15 Å². The van der Waals surface area contributed by atoms with Crippen LogP contribution in [0.1, 0.15) is 38.8 Å². The van der Waals surface area contributed by atoms with Gasteiger partial charge in [-0.3, -0.25) is 0 Å². The van der Waals surface area contributed by atoms with Gasteiger partial charge < -0.3 is 14.5 Å². The Morgan fingerprint density at radius 2 is 2.18 bits per heavy atom. The lowest BCUT2D eigenvalue weighted by molar-refractivity contribution is 0.110. The lowest BCUT2D eigenvalue weighted by Gasteiger charge is -2.06. The second-order valence-corrected chi connectivity index (χ2v) is 4.83. The summed E-state index contributed by atoms with van der Waals surface area (Å²) in [5, 5.41) is 3.31. The summed E-state index contributed by atoms with van der Waals surface area (Å²) in [6.45, 7) is 8.11. The van der Waals surface area contributed by atoms with Crippen LogP contribution in [0.2, 0.25) is 0 Å². The number of ether oxygens (including phenoxy) is 1. The van der Waals surface area contributed by atoms with E-state index in [0.717, 1.165) is 31.0 Å². The van der Waals surface area contributed by atoms with Gasteiger partial charge in [-0.2, -0.15) is 0 Å². The predicted octanol–water partition coefficient (Wildman–Crippen LogP) is 2.39. The molecule has 0 saturated carbocycles. The zero-order valence-electron chi connectivity index (χ0n) is 11.3. The van der Waals surface area contributed by atoms with Gasteiger partial charge in [0, 0.05) is 13.5 Å². The first-order valence-electron chi connectivity index (χ1n) is 6.29. The average molecular weight is 240 g/mol. The molecule has 0 aromatic carbocycles. The van der Waals surface area contributed by atoms with Crippen molar-refractivity contribution in [3.8, 4) is 0 Å². The summed E-state index contributed by atoms with van der Waals surface area (Å²) < 4.78 is 10.8. The molecule has 0 aliphatic heterocycles. The molecule has 1 heterocycles. The van der Waals surface area contributed by atoms with Gasteiger partial charge in [-0.05, 0) is 25.8 Å². The maximum Gasteiger partial charge on any atom is 0.208 e. The number of nitrogens with zero attached hydrogens (tertiary/aromatic N) is 1. The molecule has 1 rings (SSSR count). The summed E-state index contributed by atoms with van der Waals surface area (Å²) >= 11 is 0. The van der Waals surface area contributed by atoms with Crippen molar-refractivity contribution in [2.75, 3.05) is 13.7 Å². The number of hydrogen-bond acceptors (Lipinski definition) is 4. The Morgan fingerprint density at radius 3 is 2.82 bits per heavy atom. The fourth-order valence-electron chi connectivity index (χ4n) is 1.48. The fourth-order valence-corrected chi connectivity index (χ4v) is 1.48. The monoisotopic (exact) mass is 240 g/mol. The van der Waals surface area contributed by atoms with Crippen molar-refractivity contribution in [3.63, 3.8) is 0 Å². The van der Waals surface area contributed by atoms with Gasteiger partial charge in [-0.15, -0.1) is 0 Å². The van der Waals surface area contributed by atoms with Crippen LogP contribution in [-0.4, -0.2) is 24.7 Å². The summed E-state index contributed by atoms with van der Waals surface area (Å²) in [6.07, 6.45) is 3.92. The summed E-state index contributed by atoms with van der Waals surface area (Å²) in [6, 6.07) is 0. The molecule has 1 N–H and O–H groups in total. The maximum atomic E-state index is 5.63. The molecule has 1 unspecified atom stereocenters. The minimum Gasteiger partial charge on any atom is -0.444 e. The topological polar surface area (TPSA) is 47.3 Å². The smallest absolute Gasteiger partial charge is 0.208 e. The molecule has 0 saturated heterocycles. The van der Waals surface area contributed by atoms with Gasteiger partial charge in [0.2, 0.25) is 5.89 Å². The summed E-state index contributed by atoms with van der Waals surface area (Å²) in [5.74, 6) is 2.35. The van der Waals surface area contributed by atoms with Gasteiger partial charge in [0.15, 0.2) is 0 Å². The van der Waals surface area contributed by atoms with Crippen LogP contribution in [0.4, 0.5) is 0 Å². The maximum absolute atomic E-state index is 5.63. The summed E-state index contributed by atoms with van der Waals surface area (Å²) in [4.78, 5) is 4.25. The fraction of sp³-hybridized carbons (Fsp3) is 0.769. The van der Waals surface area contributed by atoms with E-state index in [0.29, 0.717) is 12.5 Å². The van der Waals surface area contributed by atoms with E-state index in [2.05, 4.69) is 31.1 Å². The molecule has 1 aromatic heterocycles. The van der Waals surface area contributed by atoms with Crippen LogP contribution in [0.15, 0.2) is 10.6 Å². The molecule has 0 aliphatic rings. The van der Waals surface area contributed by atoms with E-state index in [-0.39, 0.29) is 6.10 Å². The minimum absolute atomic E-state index is 0.266. The second-order valence-electron chi connectivity index (χ2n) is 4.83. The van der Waals surface area contributed by atoms with E-state index in [1.807, 2.05) is 6.20 Å². The number of oxazole rings is 1. The highest BCUT2D eigenvalue weighted by Crippen LogP contribution is 2.09. The first-order valence-corrected chi connectivity index (χ1v) is 6.29. The van der Waals surface area contributed by atoms with E-state index in [4.69, 9.17) is 9.15 Å². The Hall–Kier alpha value is -0.870. The number of methoxy groups -OCH3 is 1. The van der Waals surface area contributed by atoms with Gasteiger partial charge in [-0.25, -0.2) is 4.98 Å². The number of rotatable bonds is 8. The third-order valence-corrected chi connectivity index (χ3v) is 2.63. The molecule has 1 atom stereocenters. The quantitative estimate of drug-likeness (QED) is 0.758. The number of aryl methyl sites for hydroxylation is 1. The van der Waals surface area contributed by atoms with Crippen LogP contribution in [0.3, 0.4) is 0 Å². The molecular weight excluding hydrogens is 216 g/mol. The first kappa shape index (κ1) is 14.2. The van der Waals surface area contributed by atoms with Crippen molar-refractivity contribution in [2.24, 2.45) is 5.92 Å². The van der Waals surface area contributed by atoms with Crippen LogP contribution in [0.5, 0.6) is 0 Å². The molecule has 1 aromatic rings. The van der Waals surface area contributed by atoms with Gasteiger partial charge in [-0.1, -0.05) is 13.8 Å². The standard InChI is InChI=1S/C13H24N2O2/c1-10(2)7-14-9-13-15-8-12(17-13)6-5-11(3)16-4/h8,10-11,14H,5-7,9H2,1-4H3. The van der Waals surface area contributed by atoms with E-state index in [9.17, 15) is 0 Å². The van der Waals surface area contributed by atoms with Crippen LogP contribution in [-0.2, 0) is 17.7 Å². The minimum atomic E-state index is 0.266. The van der Waals surface area contributed by atoms with Gasteiger partial charge >= 0.3 is 0 Å². The van der Waals surface area contributed by atoms with Crippen LogP contribution < -0.4 is 5.32 Å². The second kappa shape index (κ2) is 7.45. The van der Waals surface area contributed by atoms with Crippen molar-refractivity contribution in [1.82, 2.24) is 10.3 Å². The summed E-state index contributed by atoms with van der Waals surface area (Å²) in [5.41, 5.74) is 0. The highest BCUT2D eigenvalue weighted by Gasteiger charge is 2.06. The molecule has 0 amide bonds. The van der Waals surface area contributed by atoms with Crippen molar-refractivity contribution in [1.29, 1.82) is 0 Å². The van der Waals surface area contributed by atoms with Crippen LogP contribution in [0, 0.1) is 5.92 Å². The Kier molecular flexibility index (Phi) is 6.22. The zero-order valence-corrected chi connectivity index (χ0v) is 11.3. The average Bonchev–Trinajstić information content (AvgIpc) is 2.73. The molecule has 17 heavy (non-hydrogen) atoms. The van der Waals surface area contributed by atoms with Crippen molar-refractivity contribution in [3.05, 3.63) is 17.8 Å². The number of hydrogen-bond donors (Lipinski definition) is 1. The summed E-state index contributed by atoms with van der Waals surface area (Å²) in [7, 11) is 1.73. The molecule has 4 nitrogen and oxygen atoms in total. The Labute approximate surface area is 104 Å². The third kappa shape index (κ3) is 5.84. The highest BCUT2D eigenvalue weighted by atomic mass is 16.5. The van der Waals surface area contributed by atoms with Gasteiger partial charge in [0.1, 0.15) is 5.76 Å². The molecule has 4 heteroatoms. The zero-order chi connectivity index (χ0) is 12.7. The molecule has 98 valence electrons. The lowest BCUT2D eigenvalue weighted by atomic mass is 10.2. The highest BCUT2D eigenvalue weighted by molar-refractivity contribution is 4.94. The van der Waals surface area contributed by atoms with E-state index < -0.39 is 0 Å². The van der Waals surface area contributed by atoms with Gasteiger partial charge in [0.05, 0.1) is 18.8 Å². The third-order valence-electron chi connectivity index (χ3n) is 2.63. The molecular formula is C13H24N2O2. The van der Waals surface area contributed by atoms with Crippen molar-refractivity contribution in [2.45, 2.75) is 46.3 Å². The number of nitrogens with one attached hydrogen (secondary N) is 1.